The summed E-state index contributed by atoms with van der Waals surface area (Å²) in [7, 11) is 0. The molecule has 5 nitrogen and oxygen atoms in total. The number of aromatic nitrogens is 2. The van der Waals surface area contributed by atoms with Gasteiger partial charge >= 0.3 is 0 Å². The number of fused-ring (bicyclic) bond motifs is 1. The Morgan fingerprint density at radius 2 is 2.08 bits per heavy atom. The largest absolute Gasteiger partial charge is 0.411 e. The summed E-state index contributed by atoms with van der Waals surface area (Å²) < 4.78 is 1.98. The zero-order chi connectivity index (χ0) is 17.2. The lowest BCUT2D eigenvalue weighted by Crippen LogP contribution is -1.91. The molecule has 0 spiro atoms. The lowest BCUT2D eigenvalue weighted by Gasteiger charge is -2.05. The van der Waals surface area contributed by atoms with Gasteiger partial charge in [-0.3, -0.25) is 4.40 Å². The van der Waals surface area contributed by atoms with E-state index in [1.165, 1.54) is 17.6 Å². The third-order valence-electron chi connectivity index (χ3n) is 3.98. The fraction of sp³-hybridized carbons (Fsp3) is 0. The summed E-state index contributed by atoms with van der Waals surface area (Å²) in [6.45, 7) is 0. The topological polar surface area (TPSA) is 73.7 Å². The Balaban J connectivity index is 1.82. The van der Waals surface area contributed by atoms with E-state index in [2.05, 4.69) is 22.3 Å². The van der Waals surface area contributed by atoms with Crippen molar-refractivity contribution in [2.45, 2.75) is 0 Å². The minimum absolute atomic E-state index is 0.711. The van der Waals surface area contributed by atoms with Crippen LogP contribution in [0.2, 0.25) is 0 Å². The Kier molecular flexibility index (Phi) is 3.77. The predicted molar refractivity (Wildman–Crippen MR) is 98.0 cm³/mol. The van der Waals surface area contributed by atoms with Crippen LogP contribution in [-0.4, -0.2) is 20.8 Å². The van der Waals surface area contributed by atoms with Crippen LogP contribution in [0.15, 0.2) is 65.4 Å². The van der Waals surface area contributed by atoms with Gasteiger partial charge in [-0.05, 0) is 35.2 Å². The zero-order valence-corrected chi connectivity index (χ0v) is 13.8. The van der Waals surface area contributed by atoms with Gasteiger partial charge in [0, 0.05) is 22.9 Å². The second kappa shape index (κ2) is 6.23. The molecule has 0 radical (unpaired) electrons. The number of imidazole rings is 1. The van der Waals surface area contributed by atoms with Gasteiger partial charge in [0.25, 0.3) is 0 Å². The first-order chi connectivity index (χ1) is 12.3. The van der Waals surface area contributed by atoms with E-state index < -0.39 is 0 Å². The van der Waals surface area contributed by atoms with E-state index >= 15 is 0 Å². The van der Waals surface area contributed by atoms with Crippen molar-refractivity contribution >= 4 is 23.2 Å². The third-order valence-corrected chi connectivity index (χ3v) is 4.80. The maximum Gasteiger partial charge on any atom is 0.137 e. The van der Waals surface area contributed by atoms with Crippen molar-refractivity contribution in [2.75, 3.05) is 0 Å². The molecule has 4 rings (SSSR count). The molecule has 3 heterocycles. The van der Waals surface area contributed by atoms with Crippen molar-refractivity contribution in [1.29, 1.82) is 5.26 Å². The minimum atomic E-state index is 0.711. The number of thiophene rings is 1. The molecule has 0 saturated heterocycles. The quantitative estimate of drug-likeness (QED) is 0.340. The van der Waals surface area contributed by atoms with Gasteiger partial charge in [-0.1, -0.05) is 23.4 Å². The first-order valence-corrected chi connectivity index (χ1v) is 8.41. The lowest BCUT2D eigenvalue weighted by molar-refractivity contribution is 0.322. The number of benzene rings is 1. The summed E-state index contributed by atoms with van der Waals surface area (Å²) in [6, 6.07) is 16.0. The lowest BCUT2D eigenvalue weighted by atomic mass is 10.0. The van der Waals surface area contributed by atoms with E-state index in [4.69, 9.17) is 5.21 Å². The Morgan fingerprint density at radius 3 is 2.92 bits per heavy atom. The molecule has 3 aromatic heterocycles. The fourth-order valence-electron chi connectivity index (χ4n) is 2.83. The van der Waals surface area contributed by atoms with E-state index in [-0.39, 0.29) is 0 Å². The van der Waals surface area contributed by atoms with Crippen LogP contribution < -0.4 is 0 Å². The van der Waals surface area contributed by atoms with Crippen LogP contribution in [0.3, 0.4) is 0 Å². The molecule has 0 aliphatic rings. The van der Waals surface area contributed by atoms with Crippen molar-refractivity contribution in [2.24, 2.45) is 5.16 Å². The molecule has 0 atom stereocenters. The third kappa shape index (κ3) is 2.67. The number of hydrogen-bond donors (Lipinski definition) is 1. The van der Waals surface area contributed by atoms with Crippen LogP contribution in [-0.2, 0) is 0 Å². The van der Waals surface area contributed by atoms with E-state index in [9.17, 15) is 5.26 Å². The minimum Gasteiger partial charge on any atom is -0.411 e. The molecule has 0 amide bonds. The van der Waals surface area contributed by atoms with Crippen LogP contribution in [0, 0.1) is 11.3 Å². The first-order valence-electron chi connectivity index (χ1n) is 7.53. The van der Waals surface area contributed by atoms with Crippen molar-refractivity contribution in [1.82, 2.24) is 9.38 Å². The van der Waals surface area contributed by atoms with Gasteiger partial charge in [0.15, 0.2) is 0 Å². The molecule has 25 heavy (non-hydrogen) atoms. The van der Waals surface area contributed by atoms with Crippen LogP contribution in [0.25, 0.3) is 28.0 Å². The Bertz CT molecular complexity index is 1130. The van der Waals surface area contributed by atoms with Crippen molar-refractivity contribution in [3.63, 3.8) is 0 Å². The maximum atomic E-state index is 9.25. The predicted octanol–water partition coefficient (Wildman–Crippen LogP) is 4.41. The van der Waals surface area contributed by atoms with Gasteiger partial charge in [-0.15, -0.1) is 11.3 Å². The summed E-state index contributed by atoms with van der Waals surface area (Å²) >= 11 is 1.45. The molecule has 1 aromatic carbocycles. The Morgan fingerprint density at radius 1 is 1.20 bits per heavy atom. The highest BCUT2D eigenvalue weighted by Gasteiger charge is 2.10. The average molecular weight is 344 g/mol. The smallest absolute Gasteiger partial charge is 0.137 e. The van der Waals surface area contributed by atoms with Crippen LogP contribution in [0.4, 0.5) is 0 Å². The Hall–Kier alpha value is -3.43. The molecule has 0 fully saturated rings. The molecule has 0 aliphatic heterocycles. The second-order valence-electron chi connectivity index (χ2n) is 5.43. The number of oxime groups is 1. The van der Waals surface area contributed by atoms with Crippen molar-refractivity contribution in [3.05, 3.63) is 70.7 Å². The number of pyridine rings is 1. The second-order valence-corrected chi connectivity index (χ2v) is 6.35. The molecule has 120 valence electrons. The molecule has 6 heteroatoms. The first kappa shape index (κ1) is 15.1. The summed E-state index contributed by atoms with van der Waals surface area (Å²) in [6.07, 6.45) is 5.08. The standard InChI is InChI=1S/C19H12N4OS/c20-10-18-16(5-7-25-18)14-2-1-3-15(9-14)17-12-21-19-8-13(11-22-24)4-6-23(17)19/h1-9,11-12,24H/b22-11+. The van der Waals surface area contributed by atoms with Crippen LogP contribution >= 0.6 is 11.3 Å². The highest BCUT2D eigenvalue weighted by molar-refractivity contribution is 7.11. The normalized spacial score (nSPS) is 11.2. The van der Waals surface area contributed by atoms with Gasteiger partial charge in [0.2, 0.25) is 0 Å². The molecular weight excluding hydrogens is 332 g/mol. The average Bonchev–Trinajstić information content (AvgIpc) is 3.28. The molecule has 1 N–H and O–H groups in total. The molecular formula is C19H12N4OS. The summed E-state index contributed by atoms with van der Waals surface area (Å²) in [4.78, 5) is 5.14. The van der Waals surface area contributed by atoms with E-state index in [1.807, 2.05) is 58.6 Å². The van der Waals surface area contributed by atoms with Gasteiger partial charge in [0.05, 0.1) is 18.1 Å². The fourth-order valence-corrected chi connectivity index (χ4v) is 3.53. The molecule has 0 saturated carbocycles. The van der Waals surface area contributed by atoms with Gasteiger partial charge < -0.3 is 5.21 Å². The molecule has 0 unspecified atom stereocenters. The highest BCUT2D eigenvalue weighted by atomic mass is 32.1. The van der Waals surface area contributed by atoms with E-state index in [1.54, 1.807) is 0 Å². The monoisotopic (exact) mass is 344 g/mol. The molecule has 0 bridgehead atoms. The van der Waals surface area contributed by atoms with Gasteiger partial charge in [-0.2, -0.15) is 5.26 Å². The van der Waals surface area contributed by atoms with Crippen LogP contribution in [0.1, 0.15) is 10.4 Å². The van der Waals surface area contributed by atoms with Gasteiger partial charge in [-0.25, -0.2) is 4.98 Å². The number of nitrogens with zero attached hydrogens (tertiary/aromatic N) is 4. The maximum absolute atomic E-state index is 9.25. The van der Waals surface area contributed by atoms with E-state index in [0.717, 1.165) is 33.6 Å². The SMILES string of the molecule is N#Cc1sccc1-c1cccc(-c2cnc3cc(/C=N/O)ccn23)c1. The summed E-state index contributed by atoms with van der Waals surface area (Å²) in [5.41, 5.74) is 5.48. The number of nitriles is 1. The Labute approximate surface area is 147 Å². The molecule has 0 aliphatic carbocycles. The van der Waals surface area contributed by atoms with E-state index in [0.29, 0.717) is 4.88 Å². The highest BCUT2D eigenvalue weighted by Crippen LogP contribution is 2.31. The molecule has 4 aromatic rings. The summed E-state index contributed by atoms with van der Waals surface area (Å²) in [5, 5.41) is 22.9. The number of rotatable bonds is 3. The van der Waals surface area contributed by atoms with Crippen LogP contribution in [0.5, 0.6) is 0 Å². The van der Waals surface area contributed by atoms with Crippen molar-refractivity contribution in [3.8, 4) is 28.5 Å². The van der Waals surface area contributed by atoms with Crippen molar-refractivity contribution < 1.29 is 5.21 Å². The number of hydrogen-bond acceptors (Lipinski definition) is 5. The zero-order valence-electron chi connectivity index (χ0n) is 13.0. The van der Waals surface area contributed by atoms with Gasteiger partial charge in [0.1, 0.15) is 16.6 Å². The summed E-state index contributed by atoms with van der Waals surface area (Å²) in [5.74, 6) is 0.